The van der Waals surface area contributed by atoms with Gasteiger partial charge in [-0.2, -0.15) is 0 Å². The zero-order chi connectivity index (χ0) is 13.0. The Balaban J connectivity index is 1.51. The third kappa shape index (κ3) is 5.65. The molecule has 0 atom stereocenters. The Hall–Kier alpha value is -0.170. The van der Waals surface area contributed by atoms with Gasteiger partial charge in [-0.05, 0) is 45.7 Å². The Morgan fingerprint density at radius 1 is 1.17 bits per heavy atom. The molecule has 0 saturated heterocycles. The smallest absolute Gasteiger partial charge is 0.211 e. The maximum Gasteiger partial charge on any atom is 0.211 e. The van der Waals surface area contributed by atoms with Crippen LogP contribution < -0.4 is 10.0 Å². The summed E-state index contributed by atoms with van der Waals surface area (Å²) in [6.07, 6.45) is 5.72. The van der Waals surface area contributed by atoms with Crippen molar-refractivity contribution < 1.29 is 8.42 Å². The molecule has 18 heavy (non-hydrogen) atoms. The number of sulfonamides is 1. The highest BCUT2D eigenvalue weighted by atomic mass is 32.2. The normalized spacial score (nSPS) is 20.6. The maximum atomic E-state index is 11.7. The molecular formula is C12H25N3O2S. The van der Waals surface area contributed by atoms with Gasteiger partial charge in [-0.25, -0.2) is 13.1 Å². The van der Waals surface area contributed by atoms with E-state index in [1.807, 2.05) is 0 Å². The maximum absolute atomic E-state index is 11.7. The molecule has 2 rings (SSSR count). The second-order valence-corrected chi connectivity index (χ2v) is 7.43. The molecule has 0 spiro atoms. The van der Waals surface area contributed by atoms with Crippen LogP contribution in [0.3, 0.4) is 0 Å². The highest BCUT2D eigenvalue weighted by Gasteiger charge is 2.25. The molecule has 0 radical (unpaired) electrons. The van der Waals surface area contributed by atoms with E-state index in [4.69, 9.17) is 0 Å². The summed E-state index contributed by atoms with van der Waals surface area (Å²) in [5.41, 5.74) is 0. The summed E-state index contributed by atoms with van der Waals surface area (Å²) in [5.74, 6) is 0.236. The van der Waals surface area contributed by atoms with Gasteiger partial charge < -0.3 is 10.2 Å². The molecule has 0 aromatic heterocycles. The van der Waals surface area contributed by atoms with Crippen molar-refractivity contribution in [3.8, 4) is 0 Å². The lowest BCUT2D eigenvalue weighted by Crippen LogP contribution is -2.35. The van der Waals surface area contributed by atoms with E-state index < -0.39 is 10.0 Å². The summed E-state index contributed by atoms with van der Waals surface area (Å²) in [4.78, 5) is 2.23. The molecule has 5 nitrogen and oxygen atoms in total. The summed E-state index contributed by atoms with van der Waals surface area (Å²) >= 11 is 0. The average Bonchev–Trinajstić information content (AvgIpc) is 3.16. The van der Waals surface area contributed by atoms with Gasteiger partial charge >= 0.3 is 0 Å². The molecule has 0 unspecified atom stereocenters. The molecule has 106 valence electrons. The lowest BCUT2D eigenvalue weighted by Gasteiger charge is -2.15. The second kappa shape index (κ2) is 6.32. The van der Waals surface area contributed by atoms with Crippen LogP contribution in [0.4, 0.5) is 0 Å². The number of rotatable bonds is 10. The van der Waals surface area contributed by atoms with Crippen molar-refractivity contribution in [1.82, 2.24) is 14.9 Å². The quantitative estimate of drug-likeness (QED) is 0.557. The Labute approximate surface area is 110 Å². The zero-order valence-electron chi connectivity index (χ0n) is 11.2. The Bertz CT molecular complexity index is 350. The van der Waals surface area contributed by atoms with Gasteiger partial charge in [0.1, 0.15) is 0 Å². The molecule has 0 aliphatic heterocycles. The van der Waals surface area contributed by atoms with E-state index >= 15 is 0 Å². The molecule has 0 aromatic rings. The van der Waals surface area contributed by atoms with Crippen molar-refractivity contribution in [3.63, 3.8) is 0 Å². The van der Waals surface area contributed by atoms with Crippen LogP contribution in [0.5, 0.6) is 0 Å². The first-order valence-electron chi connectivity index (χ1n) is 6.98. The SMILES string of the molecule is CN(CCNS(=O)(=O)CCCNC1CC1)C1CC1. The minimum absolute atomic E-state index is 0.236. The number of hydrogen-bond donors (Lipinski definition) is 2. The predicted molar refractivity (Wildman–Crippen MR) is 73.1 cm³/mol. The summed E-state index contributed by atoms with van der Waals surface area (Å²) in [5, 5.41) is 3.33. The van der Waals surface area contributed by atoms with Crippen LogP contribution in [-0.2, 0) is 10.0 Å². The van der Waals surface area contributed by atoms with E-state index in [1.54, 1.807) is 0 Å². The van der Waals surface area contributed by atoms with Crippen molar-refractivity contribution in [1.29, 1.82) is 0 Å². The first-order chi connectivity index (χ1) is 8.57. The molecule has 0 bridgehead atoms. The first kappa shape index (κ1) is 14.2. The van der Waals surface area contributed by atoms with Gasteiger partial charge in [-0.15, -0.1) is 0 Å². The fraction of sp³-hybridized carbons (Fsp3) is 1.00. The largest absolute Gasteiger partial charge is 0.314 e. The molecule has 2 N–H and O–H groups in total. The van der Waals surface area contributed by atoms with Crippen molar-refractivity contribution in [2.45, 2.75) is 44.2 Å². The van der Waals surface area contributed by atoms with E-state index in [9.17, 15) is 8.42 Å². The summed E-state index contributed by atoms with van der Waals surface area (Å²) < 4.78 is 26.1. The van der Waals surface area contributed by atoms with Gasteiger partial charge in [0.05, 0.1) is 5.75 Å². The van der Waals surface area contributed by atoms with Gasteiger partial charge in [0.25, 0.3) is 0 Å². The molecule has 2 saturated carbocycles. The van der Waals surface area contributed by atoms with Gasteiger partial charge in [-0.1, -0.05) is 0 Å². The molecule has 2 fully saturated rings. The van der Waals surface area contributed by atoms with Crippen molar-refractivity contribution in [2.75, 3.05) is 32.4 Å². The van der Waals surface area contributed by atoms with E-state index in [1.165, 1.54) is 25.7 Å². The number of nitrogens with one attached hydrogen (secondary N) is 2. The number of hydrogen-bond acceptors (Lipinski definition) is 4. The second-order valence-electron chi connectivity index (χ2n) is 5.51. The Morgan fingerprint density at radius 2 is 1.89 bits per heavy atom. The lowest BCUT2D eigenvalue weighted by molar-refractivity contribution is 0.329. The third-order valence-corrected chi connectivity index (χ3v) is 5.03. The van der Waals surface area contributed by atoms with E-state index in [2.05, 4.69) is 22.0 Å². The third-order valence-electron chi connectivity index (χ3n) is 3.56. The molecule has 6 heteroatoms. The average molecular weight is 275 g/mol. The van der Waals surface area contributed by atoms with Gasteiger partial charge in [0.2, 0.25) is 10.0 Å². The Morgan fingerprint density at radius 3 is 2.50 bits per heavy atom. The molecule has 0 amide bonds. The standard InChI is InChI=1S/C12H25N3O2S/c1-15(12-5-6-12)9-8-14-18(16,17)10-2-7-13-11-3-4-11/h11-14H,2-10H2,1H3. The fourth-order valence-corrected chi connectivity index (χ4v) is 3.07. The predicted octanol–water partition coefficient (Wildman–Crippen LogP) is 0.142. The van der Waals surface area contributed by atoms with Crippen LogP contribution in [-0.4, -0.2) is 57.8 Å². The minimum atomic E-state index is -3.08. The van der Waals surface area contributed by atoms with Gasteiger partial charge in [0.15, 0.2) is 0 Å². The molecular weight excluding hydrogens is 250 g/mol. The van der Waals surface area contributed by atoms with Crippen LogP contribution >= 0.6 is 0 Å². The van der Waals surface area contributed by atoms with E-state index in [-0.39, 0.29) is 5.75 Å². The van der Waals surface area contributed by atoms with Crippen LogP contribution in [0.2, 0.25) is 0 Å². The number of likely N-dealkylation sites (N-methyl/N-ethyl adjacent to an activating group) is 1. The minimum Gasteiger partial charge on any atom is -0.314 e. The zero-order valence-corrected chi connectivity index (χ0v) is 12.0. The molecule has 2 aliphatic rings. The van der Waals surface area contributed by atoms with E-state index in [0.717, 1.165) is 13.1 Å². The van der Waals surface area contributed by atoms with Crippen molar-refractivity contribution in [2.24, 2.45) is 0 Å². The van der Waals surface area contributed by atoms with Crippen molar-refractivity contribution >= 4 is 10.0 Å². The lowest BCUT2D eigenvalue weighted by atomic mass is 10.5. The monoisotopic (exact) mass is 275 g/mol. The summed E-state index contributed by atoms with van der Waals surface area (Å²) in [7, 11) is -1.02. The van der Waals surface area contributed by atoms with Crippen LogP contribution in [0.25, 0.3) is 0 Å². The first-order valence-corrected chi connectivity index (χ1v) is 8.63. The van der Waals surface area contributed by atoms with Crippen molar-refractivity contribution in [3.05, 3.63) is 0 Å². The van der Waals surface area contributed by atoms with Crippen LogP contribution in [0.15, 0.2) is 0 Å². The van der Waals surface area contributed by atoms with Crippen LogP contribution in [0, 0.1) is 0 Å². The summed E-state index contributed by atoms with van der Waals surface area (Å²) in [6, 6.07) is 1.35. The topological polar surface area (TPSA) is 61.4 Å². The van der Waals surface area contributed by atoms with Gasteiger partial charge in [0, 0.05) is 25.2 Å². The highest BCUT2D eigenvalue weighted by Crippen LogP contribution is 2.24. The number of nitrogens with zero attached hydrogens (tertiary/aromatic N) is 1. The molecule has 0 aromatic carbocycles. The fourth-order valence-electron chi connectivity index (χ4n) is 2.00. The van der Waals surface area contributed by atoms with E-state index in [0.29, 0.717) is 25.0 Å². The highest BCUT2D eigenvalue weighted by molar-refractivity contribution is 7.89. The molecule has 0 heterocycles. The summed E-state index contributed by atoms with van der Waals surface area (Å²) in [6.45, 7) is 2.16. The van der Waals surface area contributed by atoms with Crippen LogP contribution in [0.1, 0.15) is 32.1 Å². The molecule has 2 aliphatic carbocycles. The van der Waals surface area contributed by atoms with Gasteiger partial charge in [-0.3, -0.25) is 0 Å². The Kier molecular flexibility index (Phi) is 5.00.